The molecule has 1 heterocycles. The van der Waals surface area contributed by atoms with Gasteiger partial charge in [-0.1, -0.05) is 6.07 Å². The Morgan fingerprint density at radius 1 is 1.23 bits per heavy atom. The van der Waals surface area contributed by atoms with Gasteiger partial charge in [0, 0.05) is 24.2 Å². The molecule has 0 spiro atoms. The second-order valence-corrected chi connectivity index (χ2v) is 5.01. The van der Waals surface area contributed by atoms with Crippen LogP contribution in [0.1, 0.15) is 15.9 Å². The second kappa shape index (κ2) is 5.48. The first-order valence-electron chi connectivity index (χ1n) is 6.83. The molecule has 0 fully saturated rings. The maximum atomic E-state index is 12.6. The van der Waals surface area contributed by atoms with Crippen LogP contribution in [0.2, 0.25) is 0 Å². The molecular weight excluding hydrogens is 284 g/mol. The fourth-order valence-electron chi connectivity index (χ4n) is 2.58. The van der Waals surface area contributed by atoms with Gasteiger partial charge < -0.3 is 9.64 Å². The number of nitro benzene ring substituents is 1. The monoisotopic (exact) mass is 298 g/mol. The van der Waals surface area contributed by atoms with E-state index in [0.29, 0.717) is 30.0 Å². The third-order valence-electron chi connectivity index (χ3n) is 3.76. The largest absolute Gasteiger partial charge is 0.497 e. The third-order valence-corrected chi connectivity index (χ3v) is 3.76. The number of rotatable bonds is 3. The minimum absolute atomic E-state index is 0.00631. The topological polar surface area (TPSA) is 72.7 Å². The molecular formula is C16H14N2O4. The van der Waals surface area contributed by atoms with Crippen LogP contribution in [0.25, 0.3) is 0 Å². The quantitative estimate of drug-likeness (QED) is 0.645. The number of carbonyl (C=O) groups excluding carboxylic acids is 1. The fraction of sp³-hybridized carbons (Fsp3) is 0.188. The number of benzene rings is 2. The van der Waals surface area contributed by atoms with Crippen LogP contribution in [0.3, 0.4) is 0 Å². The van der Waals surface area contributed by atoms with Crippen LogP contribution in [0.4, 0.5) is 11.4 Å². The normalized spacial score (nSPS) is 12.9. The van der Waals surface area contributed by atoms with Crippen LogP contribution in [0, 0.1) is 10.1 Å². The Kier molecular flexibility index (Phi) is 3.50. The SMILES string of the molecule is COc1ccc(C(=O)N2CCc3ccc([N+](=O)[O-])cc32)cc1. The number of methoxy groups -OCH3 is 1. The number of nitrogens with zero attached hydrogens (tertiary/aromatic N) is 2. The summed E-state index contributed by atoms with van der Waals surface area (Å²) in [5.41, 5.74) is 2.09. The number of hydrogen-bond acceptors (Lipinski definition) is 4. The number of nitro groups is 1. The van der Waals surface area contributed by atoms with Crippen molar-refractivity contribution in [2.24, 2.45) is 0 Å². The van der Waals surface area contributed by atoms with Gasteiger partial charge in [0.1, 0.15) is 5.75 Å². The van der Waals surface area contributed by atoms with Gasteiger partial charge in [-0.15, -0.1) is 0 Å². The highest BCUT2D eigenvalue weighted by Crippen LogP contribution is 2.32. The van der Waals surface area contributed by atoms with Crippen molar-refractivity contribution >= 4 is 17.3 Å². The lowest BCUT2D eigenvalue weighted by Crippen LogP contribution is -2.28. The van der Waals surface area contributed by atoms with E-state index in [9.17, 15) is 14.9 Å². The average molecular weight is 298 g/mol. The van der Waals surface area contributed by atoms with E-state index in [1.165, 1.54) is 12.1 Å². The van der Waals surface area contributed by atoms with Crippen LogP contribution in [-0.2, 0) is 6.42 Å². The molecule has 1 aliphatic heterocycles. The molecule has 0 unspecified atom stereocenters. The van der Waals surface area contributed by atoms with Gasteiger partial charge in [0.2, 0.25) is 0 Å². The molecule has 0 aliphatic carbocycles. The summed E-state index contributed by atoms with van der Waals surface area (Å²) >= 11 is 0. The van der Waals surface area contributed by atoms with Crippen molar-refractivity contribution in [3.05, 3.63) is 63.7 Å². The zero-order valence-corrected chi connectivity index (χ0v) is 12.0. The molecule has 3 rings (SSSR count). The first kappa shape index (κ1) is 14.1. The van der Waals surface area contributed by atoms with E-state index < -0.39 is 4.92 Å². The lowest BCUT2D eigenvalue weighted by molar-refractivity contribution is -0.384. The van der Waals surface area contributed by atoms with Gasteiger partial charge in [-0.2, -0.15) is 0 Å². The highest BCUT2D eigenvalue weighted by molar-refractivity contribution is 6.07. The van der Waals surface area contributed by atoms with Gasteiger partial charge in [-0.25, -0.2) is 0 Å². The van der Waals surface area contributed by atoms with Gasteiger partial charge in [0.25, 0.3) is 11.6 Å². The molecule has 6 heteroatoms. The van der Waals surface area contributed by atoms with E-state index in [1.54, 1.807) is 42.3 Å². The van der Waals surface area contributed by atoms with Crippen molar-refractivity contribution < 1.29 is 14.5 Å². The smallest absolute Gasteiger partial charge is 0.271 e. The van der Waals surface area contributed by atoms with Crippen molar-refractivity contribution in [3.8, 4) is 5.75 Å². The maximum absolute atomic E-state index is 12.6. The predicted molar refractivity (Wildman–Crippen MR) is 81.5 cm³/mol. The fourth-order valence-corrected chi connectivity index (χ4v) is 2.58. The first-order chi connectivity index (χ1) is 10.6. The molecule has 0 saturated carbocycles. The number of non-ortho nitro benzene ring substituents is 1. The lowest BCUT2D eigenvalue weighted by Gasteiger charge is -2.17. The van der Waals surface area contributed by atoms with Crippen molar-refractivity contribution in [2.45, 2.75) is 6.42 Å². The van der Waals surface area contributed by atoms with E-state index in [-0.39, 0.29) is 11.6 Å². The molecule has 1 aliphatic rings. The van der Waals surface area contributed by atoms with E-state index in [0.717, 1.165) is 5.56 Å². The molecule has 2 aromatic rings. The molecule has 0 saturated heterocycles. The number of carbonyl (C=O) groups is 1. The zero-order chi connectivity index (χ0) is 15.7. The molecule has 22 heavy (non-hydrogen) atoms. The first-order valence-corrected chi connectivity index (χ1v) is 6.83. The van der Waals surface area contributed by atoms with Crippen LogP contribution < -0.4 is 9.64 Å². The second-order valence-electron chi connectivity index (χ2n) is 5.01. The average Bonchev–Trinajstić information content (AvgIpc) is 2.97. The summed E-state index contributed by atoms with van der Waals surface area (Å²) in [4.78, 5) is 24.6. The molecule has 0 atom stereocenters. The molecule has 1 amide bonds. The van der Waals surface area contributed by atoms with E-state index in [2.05, 4.69) is 0 Å². The molecule has 0 bridgehead atoms. The predicted octanol–water partition coefficient (Wildman–Crippen LogP) is 2.81. The number of hydrogen-bond donors (Lipinski definition) is 0. The third kappa shape index (κ3) is 2.39. The Balaban J connectivity index is 1.92. The molecule has 0 N–H and O–H groups in total. The number of anilines is 1. The van der Waals surface area contributed by atoms with Gasteiger partial charge in [-0.05, 0) is 36.2 Å². The highest BCUT2D eigenvalue weighted by atomic mass is 16.6. The molecule has 112 valence electrons. The number of fused-ring (bicyclic) bond motifs is 1. The Morgan fingerprint density at radius 2 is 1.95 bits per heavy atom. The highest BCUT2D eigenvalue weighted by Gasteiger charge is 2.27. The summed E-state index contributed by atoms with van der Waals surface area (Å²) in [6.07, 6.45) is 0.704. The molecule has 2 aromatic carbocycles. The number of amides is 1. The number of ether oxygens (including phenoxy) is 1. The summed E-state index contributed by atoms with van der Waals surface area (Å²) in [7, 11) is 1.56. The van der Waals surface area contributed by atoms with Crippen LogP contribution in [-0.4, -0.2) is 24.5 Å². The maximum Gasteiger partial charge on any atom is 0.271 e. The summed E-state index contributed by atoms with van der Waals surface area (Å²) < 4.78 is 5.07. The standard InChI is InChI=1S/C16H14N2O4/c1-22-14-6-3-12(4-7-14)16(19)17-9-8-11-2-5-13(18(20)21)10-15(11)17/h2-7,10H,8-9H2,1H3. The van der Waals surface area contributed by atoms with Gasteiger partial charge in [0.05, 0.1) is 17.7 Å². The summed E-state index contributed by atoms with van der Waals surface area (Å²) in [5.74, 6) is 0.510. The summed E-state index contributed by atoms with van der Waals surface area (Å²) in [6.45, 7) is 0.529. The Bertz CT molecular complexity index is 740. The van der Waals surface area contributed by atoms with Crippen molar-refractivity contribution in [1.29, 1.82) is 0 Å². The lowest BCUT2D eigenvalue weighted by atomic mass is 10.1. The minimum Gasteiger partial charge on any atom is -0.497 e. The van der Waals surface area contributed by atoms with Crippen LogP contribution >= 0.6 is 0 Å². The minimum atomic E-state index is -0.450. The Hall–Kier alpha value is -2.89. The zero-order valence-electron chi connectivity index (χ0n) is 12.0. The van der Waals surface area contributed by atoms with Crippen molar-refractivity contribution in [2.75, 3.05) is 18.6 Å². The van der Waals surface area contributed by atoms with Gasteiger partial charge in [0.15, 0.2) is 0 Å². The molecule has 0 aromatic heterocycles. The summed E-state index contributed by atoms with van der Waals surface area (Å²) in [5, 5.41) is 10.9. The Labute approximate surface area is 127 Å². The van der Waals surface area contributed by atoms with E-state index in [4.69, 9.17) is 4.74 Å². The van der Waals surface area contributed by atoms with Gasteiger partial charge in [-0.3, -0.25) is 14.9 Å². The Morgan fingerprint density at radius 3 is 2.59 bits per heavy atom. The molecule has 6 nitrogen and oxygen atoms in total. The van der Waals surface area contributed by atoms with E-state index >= 15 is 0 Å². The van der Waals surface area contributed by atoms with Crippen LogP contribution in [0.5, 0.6) is 5.75 Å². The van der Waals surface area contributed by atoms with Gasteiger partial charge >= 0.3 is 0 Å². The summed E-state index contributed by atoms with van der Waals surface area (Å²) in [6, 6.07) is 11.5. The molecule has 0 radical (unpaired) electrons. The van der Waals surface area contributed by atoms with Crippen molar-refractivity contribution in [3.63, 3.8) is 0 Å². The van der Waals surface area contributed by atoms with E-state index in [1.807, 2.05) is 0 Å². The van der Waals surface area contributed by atoms with Crippen molar-refractivity contribution in [1.82, 2.24) is 0 Å². The van der Waals surface area contributed by atoms with Crippen LogP contribution in [0.15, 0.2) is 42.5 Å².